The third-order valence-electron chi connectivity index (χ3n) is 4.43. The number of carbonyl (C=O) groups excluding carboxylic acids is 1. The van der Waals surface area contributed by atoms with Crippen LogP contribution in [-0.4, -0.2) is 32.7 Å². The molecular weight excluding hydrogens is 368 g/mol. The van der Waals surface area contributed by atoms with E-state index in [4.69, 9.17) is 0 Å². The summed E-state index contributed by atoms with van der Waals surface area (Å²) in [7, 11) is -3.60. The summed E-state index contributed by atoms with van der Waals surface area (Å²) in [5.74, 6) is -0.763. The fraction of sp³-hybridized carbons (Fsp3) is 0.533. The first-order valence-corrected chi connectivity index (χ1v) is 9.86. The molecule has 2 atom stereocenters. The Kier molecular flexibility index (Phi) is 4.56. The minimum Gasteiger partial charge on any atom is -0.315 e. The molecule has 7 heteroatoms. The van der Waals surface area contributed by atoms with Crippen LogP contribution in [0.1, 0.15) is 36.3 Å². The third-order valence-corrected chi connectivity index (χ3v) is 6.69. The molecule has 120 valence electrons. The van der Waals surface area contributed by atoms with Gasteiger partial charge in [-0.25, -0.2) is 8.42 Å². The number of piperidine rings is 1. The summed E-state index contributed by atoms with van der Waals surface area (Å²) in [5, 5.41) is 2.55. The van der Waals surface area contributed by atoms with Crippen LogP contribution in [0.25, 0.3) is 0 Å². The van der Waals surface area contributed by atoms with E-state index < -0.39 is 21.2 Å². The summed E-state index contributed by atoms with van der Waals surface area (Å²) < 4.78 is 28.0. The summed E-state index contributed by atoms with van der Waals surface area (Å²) in [6.07, 6.45) is 2.89. The van der Waals surface area contributed by atoms with Crippen LogP contribution in [0.4, 0.5) is 0 Å². The summed E-state index contributed by atoms with van der Waals surface area (Å²) in [6, 6.07) is 5.80. The van der Waals surface area contributed by atoms with E-state index in [9.17, 15) is 13.2 Å². The first-order chi connectivity index (χ1) is 10.5. The van der Waals surface area contributed by atoms with Gasteiger partial charge in [-0.1, -0.05) is 22.0 Å². The molecular formula is C15H19BrN2O3S. The molecule has 2 aliphatic rings. The van der Waals surface area contributed by atoms with Gasteiger partial charge in [0.15, 0.2) is 0 Å². The molecule has 0 saturated carbocycles. The Bertz CT molecular complexity index is 684. The van der Waals surface area contributed by atoms with E-state index >= 15 is 0 Å². The van der Waals surface area contributed by atoms with Crippen molar-refractivity contribution < 1.29 is 13.2 Å². The summed E-state index contributed by atoms with van der Waals surface area (Å²) >= 11 is 3.42. The quantitative estimate of drug-likeness (QED) is 0.828. The van der Waals surface area contributed by atoms with E-state index in [1.54, 1.807) is 0 Å². The number of sulfonamides is 1. The lowest BCUT2D eigenvalue weighted by Gasteiger charge is -2.23. The van der Waals surface area contributed by atoms with E-state index in [2.05, 4.69) is 26.0 Å². The topological polar surface area (TPSA) is 75.3 Å². The molecule has 5 nitrogen and oxygen atoms in total. The maximum absolute atomic E-state index is 12.4. The molecule has 1 amide bonds. The van der Waals surface area contributed by atoms with Gasteiger partial charge in [0.1, 0.15) is 0 Å². The lowest BCUT2D eigenvalue weighted by atomic mass is 10.0. The van der Waals surface area contributed by atoms with Crippen molar-refractivity contribution in [2.45, 2.75) is 36.9 Å². The molecule has 1 aromatic rings. The Morgan fingerprint density at radius 2 is 2.14 bits per heavy atom. The normalized spacial score (nSPS) is 24.8. The number of halogens is 1. The van der Waals surface area contributed by atoms with Crippen molar-refractivity contribution in [3.63, 3.8) is 0 Å². The fourth-order valence-electron chi connectivity index (χ4n) is 3.24. The van der Waals surface area contributed by atoms with Gasteiger partial charge in [0.2, 0.25) is 15.9 Å². The Labute approximate surface area is 139 Å². The van der Waals surface area contributed by atoms with Crippen molar-refractivity contribution in [3.05, 3.63) is 33.8 Å². The third kappa shape index (κ3) is 3.21. The van der Waals surface area contributed by atoms with E-state index in [1.165, 1.54) is 0 Å². The SMILES string of the molecule is O=C(NS(=O)(=O)[C@@H]1CCCNC1)C1CCc2cc(Br)ccc21. The average Bonchev–Trinajstić information content (AvgIpc) is 2.90. The maximum atomic E-state index is 12.4. The average molecular weight is 387 g/mol. The van der Waals surface area contributed by atoms with Gasteiger partial charge >= 0.3 is 0 Å². The second-order valence-corrected chi connectivity index (χ2v) is 8.79. The Hall–Kier alpha value is -0.920. The van der Waals surface area contributed by atoms with Crippen molar-refractivity contribution in [2.24, 2.45) is 0 Å². The monoisotopic (exact) mass is 386 g/mol. The van der Waals surface area contributed by atoms with Gasteiger partial charge in [-0.05, 0) is 55.5 Å². The van der Waals surface area contributed by atoms with E-state index in [1.807, 2.05) is 18.2 Å². The predicted octanol–water partition coefficient (Wildman–Crippen LogP) is 1.68. The molecule has 1 aliphatic carbocycles. The molecule has 0 bridgehead atoms. The highest BCUT2D eigenvalue weighted by Gasteiger charge is 2.34. The molecule has 1 aromatic carbocycles. The molecule has 22 heavy (non-hydrogen) atoms. The maximum Gasteiger partial charge on any atom is 0.240 e. The van der Waals surface area contributed by atoms with Crippen LogP contribution >= 0.6 is 15.9 Å². The molecule has 1 unspecified atom stereocenters. The molecule has 0 aromatic heterocycles. The first kappa shape index (κ1) is 16.0. The summed E-state index contributed by atoms with van der Waals surface area (Å²) in [6.45, 7) is 1.25. The summed E-state index contributed by atoms with van der Waals surface area (Å²) in [5.41, 5.74) is 2.06. The van der Waals surface area contributed by atoms with Crippen molar-refractivity contribution in [1.82, 2.24) is 10.0 Å². The highest BCUT2D eigenvalue weighted by atomic mass is 79.9. The second-order valence-electron chi connectivity index (χ2n) is 5.91. The van der Waals surface area contributed by atoms with E-state index in [-0.39, 0.29) is 5.92 Å². The fourth-order valence-corrected chi connectivity index (χ4v) is 5.05. The molecule has 3 rings (SSSR count). The number of rotatable bonds is 3. The standard InChI is InChI=1S/C15H19BrN2O3S/c16-11-4-6-13-10(8-11)3-5-14(13)15(19)18-22(20,21)12-2-1-7-17-9-12/h4,6,8,12,14,17H,1-3,5,7,9H2,(H,18,19)/t12-,14?/m1/s1. The van der Waals surface area contributed by atoms with Gasteiger partial charge in [0.05, 0.1) is 11.2 Å². The van der Waals surface area contributed by atoms with Gasteiger partial charge in [-0.3, -0.25) is 9.52 Å². The smallest absolute Gasteiger partial charge is 0.240 e. The number of hydrogen-bond acceptors (Lipinski definition) is 4. The Morgan fingerprint density at radius 3 is 2.86 bits per heavy atom. The molecule has 2 N–H and O–H groups in total. The van der Waals surface area contributed by atoms with Crippen LogP contribution < -0.4 is 10.0 Å². The molecule has 1 heterocycles. The highest BCUT2D eigenvalue weighted by Crippen LogP contribution is 2.35. The van der Waals surface area contributed by atoms with Crippen LogP contribution in [-0.2, 0) is 21.2 Å². The van der Waals surface area contributed by atoms with Crippen molar-refractivity contribution in [1.29, 1.82) is 0 Å². The number of fused-ring (bicyclic) bond motifs is 1. The minimum absolute atomic E-state index is 0.366. The van der Waals surface area contributed by atoms with Crippen LogP contribution in [0.5, 0.6) is 0 Å². The number of benzene rings is 1. The zero-order valence-electron chi connectivity index (χ0n) is 12.1. The number of carbonyl (C=O) groups is 1. The van der Waals surface area contributed by atoms with Gasteiger partial charge in [-0.15, -0.1) is 0 Å². The number of amides is 1. The number of nitrogens with one attached hydrogen (secondary N) is 2. The van der Waals surface area contributed by atoms with Gasteiger partial charge < -0.3 is 5.32 Å². The molecule has 1 aliphatic heterocycles. The van der Waals surface area contributed by atoms with E-state index in [0.29, 0.717) is 19.4 Å². The second kappa shape index (κ2) is 6.29. The van der Waals surface area contributed by atoms with Crippen LogP contribution in [0.2, 0.25) is 0 Å². The largest absolute Gasteiger partial charge is 0.315 e. The Morgan fingerprint density at radius 1 is 1.32 bits per heavy atom. The Balaban J connectivity index is 1.73. The lowest BCUT2D eigenvalue weighted by molar-refractivity contribution is -0.120. The van der Waals surface area contributed by atoms with Gasteiger partial charge in [-0.2, -0.15) is 0 Å². The van der Waals surface area contributed by atoms with Crippen LogP contribution in [0, 0.1) is 0 Å². The number of aryl methyl sites for hydroxylation is 1. The number of hydrogen-bond donors (Lipinski definition) is 2. The zero-order chi connectivity index (χ0) is 15.7. The molecule has 0 spiro atoms. The van der Waals surface area contributed by atoms with Gasteiger partial charge in [0, 0.05) is 11.0 Å². The summed E-state index contributed by atoms with van der Waals surface area (Å²) in [4.78, 5) is 12.4. The minimum atomic E-state index is -3.60. The van der Waals surface area contributed by atoms with Crippen molar-refractivity contribution in [3.8, 4) is 0 Å². The van der Waals surface area contributed by atoms with Crippen molar-refractivity contribution >= 4 is 31.9 Å². The highest BCUT2D eigenvalue weighted by molar-refractivity contribution is 9.10. The van der Waals surface area contributed by atoms with E-state index in [0.717, 1.165) is 35.0 Å². The molecule has 1 fully saturated rings. The molecule has 1 saturated heterocycles. The van der Waals surface area contributed by atoms with Gasteiger partial charge in [0.25, 0.3) is 0 Å². The zero-order valence-corrected chi connectivity index (χ0v) is 14.5. The first-order valence-electron chi connectivity index (χ1n) is 7.52. The van der Waals surface area contributed by atoms with Crippen LogP contribution in [0.3, 0.4) is 0 Å². The predicted molar refractivity (Wildman–Crippen MR) is 88.2 cm³/mol. The lowest BCUT2D eigenvalue weighted by Crippen LogP contribution is -2.46. The van der Waals surface area contributed by atoms with Crippen molar-refractivity contribution in [2.75, 3.05) is 13.1 Å². The van der Waals surface area contributed by atoms with Crippen LogP contribution in [0.15, 0.2) is 22.7 Å². The molecule has 0 radical (unpaired) electrons.